The lowest BCUT2D eigenvalue weighted by molar-refractivity contribution is -0.384. The van der Waals surface area contributed by atoms with Gasteiger partial charge in [-0.05, 0) is 12.8 Å². The molecule has 0 aliphatic heterocycles. The maximum Gasteiger partial charge on any atom is 0.300 e. The molecule has 1 rings (SSSR count). The molecule has 1 heterocycles. The van der Waals surface area contributed by atoms with Crippen LogP contribution in [0.4, 0.5) is 5.69 Å². The van der Waals surface area contributed by atoms with Gasteiger partial charge in [-0.1, -0.05) is 18.5 Å². The molecule has 19 heavy (non-hydrogen) atoms. The number of rotatable bonds is 7. The molecule has 0 saturated carbocycles. The summed E-state index contributed by atoms with van der Waals surface area (Å²) in [5, 5.41) is 19.4. The van der Waals surface area contributed by atoms with Crippen LogP contribution in [0.5, 0.6) is 0 Å². The van der Waals surface area contributed by atoms with Gasteiger partial charge in [0.25, 0.3) is 15.7 Å². The van der Waals surface area contributed by atoms with E-state index in [-0.39, 0.29) is 21.6 Å². The maximum absolute atomic E-state index is 12.0. The van der Waals surface area contributed by atoms with Crippen molar-refractivity contribution >= 4 is 38.6 Å². The van der Waals surface area contributed by atoms with E-state index >= 15 is 0 Å². The molecule has 0 bridgehead atoms. The molecule has 0 radical (unpaired) electrons. The van der Waals surface area contributed by atoms with Crippen molar-refractivity contribution in [3.8, 4) is 0 Å². The number of hydrogen-bond donors (Lipinski definition) is 2. The van der Waals surface area contributed by atoms with Gasteiger partial charge in [-0.25, -0.2) is 13.1 Å². The van der Waals surface area contributed by atoms with E-state index in [1.807, 2.05) is 0 Å². The quantitative estimate of drug-likeness (QED) is 0.585. The molecule has 0 amide bonds. The number of nitrogens with one attached hydrogen (secondary N) is 1. The van der Waals surface area contributed by atoms with Gasteiger partial charge in [0, 0.05) is 18.7 Å². The van der Waals surface area contributed by atoms with Crippen molar-refractivity contribution in [2.45, 2.75) is 30.0 Å². The molecule has 1 unspecified atom stereocenters. The monoisotopic (exact) mass is 328 g/mol. The van der Waals surface area contributed by atoms with E-state index in [4.69, 9.17) is 16.7 Å². The largest absolute Gasteiger partial charge is 0.396 e. The van der Waals surface area contributed by atoms with Crippen LogP contribution in [-0.2, 0) is 10.0 Å². The highest BCUT2D eigenvalue weighted by Crippen LogP contribution is 2.36. The predicted molar refractivity (Wildman–Crippen MR) is 72.1 cm³/mol. The molecular weight excluding hydrogens is 316 g/mol. The summed E-state index contributed by atoms with van der Waals surface area (Å²) in [4.78, 5) is 9.89. The van der Waals surface area contributed by atoms with Crippen molar-refractivity contribution in [3.05, 3.63) is 20.5 Å². The standard InChI is InChI=1S/C9H13ClN2O5S2/c1-2-6(3-4-13)11-19(16,17)8-5-7(12(14)15)9(10)18-8/h5-6,11,13H,2-4H2,1H3. The molecule has 7 nitrogen and oxygen atoms in total. The first-order valence-corrected chi connectivity index (χ1v) is 8.06. The summed E-state index contributed by atoms with van der Waals surface area (Å²) in [5.74, 6) is 0. The van der Waals surface area contributed by atoms with E-state index in [1.165, 1.54) is 0 Å². The fourth-order valence-corrected chi connectivity index (χ4v) is 4.41. The number of nitro groups is 1. The fourth-order valence-electron chi connectivity index (χ4n) is 1.38. The Morgan fingerprint density at radius 2 is 2.26 bits per heavy atom. The normalized spacial score (nSPS) is 13.4. The molecule has 0 fully saturated rings. The Morgan fingerprint density at radius 3 is 2.68 bits per heavy atom. The molecule has 1 aromatic heterocycles. The molecule has 1 aromatic rings. The van der Waals surface area contributed by atoms with Gasteiger partial charge < -0.3 is 5.11 Å². The Kier molecular flexibility index (Phi) is 5.68. The van der Waals surface area contributed by atoms with E-state index in [2.05, 4.69) is 4.72 Å². The van der Waals surface area contributed by atoms with Gasteiger partial charge in [0.15, 0.2) is 4.34 Å². The Balaban J connectivity index is 3.00. The van der Waals surface area contributed by atoms with Gasteiger partial charge in [-0.15, -0.1) is 11.3 Å². The molecule has 10 heteroatoms. The van der Waals surface area contributed by atoms with Gasteiger partial charge in [0.1, 0.15) is 4.21 Å². The molecule has 0 saturated heterocycles. The van der Waals surface area contributed by atoms with E-state index < -0.39 is 26.7 Å². The number of thiophene rings is 1. The van der Waals surface area contributed by atoms with Crippen LogP contribution in [0.3, 0.4) is 0 Å². The van der Waals surface area contributed by atoms with Gasteiger partial charge in [0.2, 0.25) is 0 Å². The molecule has 1 atom stereocenters. The topological polar surface area (TPSA) is 110 Å². The Hall–Kier alpha value is -0.740. The molecule has 0 aliphatic carbocycles. The lowest BCUT2D eigenvalue weighted by atomic mass is 10.2. The zero-order valence-corrected chi connectivity index (χ0v) is 12.4. The minimum Gasteiger partial charge on any atom is -0.396 e. The van der Waals surface area contributed by atoms with Crippen LogP contribution in [0, 0.1) is 10.1 Å². The van der Waals surface area contributed by atoms with Crippen molar-refractivity contribution in [2.24, 2.45) is 0 Å². The van der Waals surface area contributed by atoms with Crippen LogP contribution in [-0.4, -0.2) is 31.1 Å². The van der Waals surface area contributed by atoms with E-state index in [1.54, 1.807) is 6.92 Å². The van der Waals surface area contributed by atoms with Crippen LogP contribution in [0.1, 0.15) is 19.8 Å². The molecule has 0 spiro atoms. The molecular formula is C9H13ClN2O5S2. The first-order valence-electron chi connectivity index (χ1n) is 5.38. The molecule has 2 N–H and O–H groups in total. The SMILES string of the molecule is CCC(CCO)NS(=O)(=O)c1cc([N+](=O)[O-])c(Cl)s1. The summed E-state index contributed by atoms with van der Waals surface area (Å²) in [6, 6.07) is 0.510. The Morgan fingerprint density at radius 1 is 1.63 bits per heavy atom. The van der Waals surface area contributed by atoms with Gasteiger partial charge in [-0.2, -0.15) is 0 Å². The number of sulfonamides is 1. The first kappa shape index (κ1) is 16.3. The van der Waals surface area contributed by atoms with Crippen LogP contribution in [0.25, 0.3) is 0 Å². The third kappa shape index (κ3) is 4.11. The Labute approximate surface area is 119 Å². The van der Waals surface area contributed by atoms with Crippen molar-refractivity contribution in [1.29, 1.82) is 0 Å². The van der Waals surface area contributed by atoms with E-state index in [0.29, 0.717) is 17.8 Å². The summed E-state index contributed by atoms with van der Waals surface area (Å²) in [6.07, 6.45) is 0.776. The summed E-state index contributed by atoms with van der Waals surface area (Å²) >= 11 is 6.25. The second-order valence-electron chi connectivity index (χ2n) is 3.72. The zero-order chi connectivity index (χ0) is 14.6. The zero-order valence-electron chi connectivity index (χ0n) is 10.00. The molecule has 108 valence electrons. The summed E-state index contributed by atoms with van der Waals surface area (Å²) in [6.45, 7) is 1.62. The van der Waals surface area contributed by atoms with Gasteiger partial charge >= 0.3 is 0 Å². The summed E-state index contributed by atoms with van der Waals surface area (Å²) in [7, 11) is -3.86. The number of aliphatic hydroxyl groups is 1. The average molecular weight is 329 g/mol. The number of halogens is 1. The van der Waals surface area contributed by atoms with E-state index in [0.717, 1.165) is 6.07 Å². The van der Waals surface area contributed by atoms with Crippen molar-refractivity contribution in [2.75, 3.05) is 6.61 Å². The number of nitrogens with zero attached hydrogens (tertiary/aromatic N) is 1. The maximum atomic E-state index is 12.0. The van der Waals surface area contributed by atoms with Gasteiger partial charge in [0.05, 0.1) is 4.92 Å². The summed E-state index contributed by atoms with van der Waals surface area (Å²) < 4.78 is 26.0. The minimum absolute atomic E-state index is 0.146. The second kappa shape index (κ2) is 6.62. The van der Waals surface area contributed by atoms with Crippen molar-refractivity contribution < 1.29 is 18.4 Å². The number of hydrogen-bond acceptors (Lipinski definition) is 6. The smallest absolute Gasteiger partial charge is 0.300 e. The van der Waals surface area contributed by atoms with Crippen LogP contribution < -0.4 is 4.72 Å². The highest BCUT2D eigenvalue weighted by molar-refractivity contribution is 7.91. The summed E-state index contributed by atoms with van der Waals surface area (Å²) in [5.41, 5.74) is -0.428. The highest BCUT2D eigenvalue weighted by Gasteiger charge is 2.26. The third-order valence-corrected chi connectivity index (χ3v) is 5.73. The van der Waals surface area contributed by atoms with E-state index in [9.17, 15) is 18.5 Å². The minimum atomic E-state index is -3.86. The van der Waals surface area contributed by atoms with Crippen LogP contribution in [0.15, 0.2) is 10.3 Å². The van der Waals surface area contributed by atoms with Crippen LogP contribution in [0.2, 0.25) is 4.34 Å². The lowest BCUT2D eigenvalue weighted by Gasteiger charge is -2.14. The first-order chi connectivity index (χ1) is 8.81. The van der Waals surface area contributed by atoms with Crippen LogP contribution >= 0.6 is 22.9 Å². The lowest BCUT2D eigenvalue weighted by Crippen LogP contribution is -2.34. The second-order valence-corrected chi connectivity index (χ2v) is 7.32. The fraction of sp³-hybridized carbons (Fsp3) is 0.556. The molecule has 0 aliphatic rings. The van der Waals surface area contributed by atoms with Crippen molar-refractivity contribution in [3.63, 3.8) is 0 Å². The number of aliphatic hydroxyl groups excluding tert-OH is 1. The molecule has 0 aromatic carbocycles. The highest BCUT2D eigenvalue weighted by atomic mass is 35.5. The Bertz CT molecular complexity index is 557. The van der Waals surface area contributed by atoms with Crippen molar-refractivity contribution in [1.82, 2.24) is 4.72 Å². The predicted octanol–water partition coefficient (Wildman–Crippen LogP) is 1.75. The average Bonchev–Trinajstić information content (AvgIpc) is 2.71. The van der Waals surface area contributed by atoms with Gasteiger partial charge in [-0.3, -0.25) is 10.1 Å². The third-order valence-electron chi connectivity index (χ3n) is 2.40.